The standard InChI is InChI=1S/C18H24O4/c1-13(19)21-17(20-2)18-11-7-6-10-15(18)12-16(22-18)14-8-4-3-5-9-14/h3-5,8-9,15-17H,6-7,10-12H2,1-2H3/t15-,16?,17?,18+/m1/s1. The summed E-state index contributed by atoms with van der Waals surface area (Å²) in [5.74, 6) is 0.0491. The minimum absolute atomic E-state index is 0.0532. The van der Waals surface area contributed by atoms with Crippen molar-refractivity contribution in [2.75, 3.05) is 7.11 Å². The summed E-state index contributed by atoms with van der Waals surface area (Å²) in [5.41, 5.74) is 0.688. The lowest BCUT2D eigenvalue weighted by molar-refractivity contribution is -0.250. The van der Waals surface area contributed by atoms with Gasteiger partial charge in [0, 0.05) is 14.0 Å². The van der Waals surface area contributed by atoms with Crippen LogP contribution in [0.5, 0.6) is 0 Å². The molecular weight excluding hydrogens is 280 g/mol. The molecule has 3 rings (SSSR count). The van der Waals surface area contributed by atoms with E-state index >= 15 is 0 Å². The van der Waals surface area contributed by atoms with Crippen molar-refractivity contribution in [2.45, 2.75) is 57.0 Å². The van der Waals surface area contributed by atoms with Gasteiger partial charge in [0.15, 0.2) is 0 Å². The van der Waals surface area contributed by atoms with Crippen molar-refractivity contribution in [1.29, 1.82) is 0 Å². The predicted molar refractivity (Wildman–Crippen MR) is 82.1 cm³/mol. The lowest BCUT2D eigenvalue weighted by atomic mass is 9.74. The van der Waals surface area contributed by atoms with Gasteiger partial charge in [0.1, 0.15) is 5.60 Å². The molecule has 120 valence electrons. The van der Waals surface area contributed by atoms with Crippen LogP contribution in [0.25, 0.3) is 0 Å². The smallest absolute Gasteiger partial charge is 0.305 e. The fourth-order valence-corrected chi connectivity index (χ4v) is 4.02. The number of ether oxygens (including phenoxy) is 3. The minimum atomic E-state index is -0.621. The van der Waals surface area contributed by atoms with Crippen LogP contribution in [-0.4, -0.2) is 25.0 Å². The van der Waals surface area contributed by atoms with Crippen molar-refractivity contribution in [3.05, 3.63) is 35.9 Å². The molecule has 0 amide bonds. The van der Waals surface area contributed by atoms with Gasteiger partial charge in [-0.25, -0.2) is 0 Å². The molecule has 0 bridgehead atoms. The number of hydrogen-bond acceptors (Lipinski definition) is 4. The van der Waals surface area contributed by atoms with Gasteiger partial charge in [0.25, 0.3) is 0 Å². The number of carbonyl (C=O) groups excluding carboxylic acids is 1. The summed E-state index contributed by atoms with van der Waals surface area (Å²) in [6, 6.07) is 10.3. The van der Waals surface area contributed by atoms with Gasteiger partial charge in [0.05, 0.1) is 6.10 Å². The first-order chi connectivity index (χ1) is 10.7. The Bertz CT molecular complexity index is 515. The third-order valence-corrected chi connectivity index (χ3v) is 4.98. The number of esters is 1. The molecule has 1 aliphatic carbocycles. The van der Waals surface area contributed by atoms with E-state index < -0.39 is 11.9 Å². The first-order valence-corrected chi connectivity index (χ1v) is 8.08. The lowest BCUT2D eigenvalue weighted by Gasteiger charge is -2.42. The van der Waals surface area contributed by atoms with Gasteiger partial charge in [-0.05, 0) is 30.7 Å². The van der Waals surface area contributed by atoms with Crippen LogP contribution in [-0.2, 0) is 19.0 Å². The van der Waals surface area contributed by atoms with Crippen molar-refractivity contribution >= 4 is 5.97 Å². The Morgan fingerprint density at radius 2 is 2.09 bits per heavy atom. The summed E-state index contributed by atoms with van der Waals surface area (Å²) < 4.78 is 17.5. The van der Waals surface area contributed by atoms with Crippen molar-refractivity contribution < 1.29 is 19.0 Å². The molecule has 1 saturated heterocycles. The van der Waals surface area contributed by atoms with Gasteiger partial charge in [-0.3, -0.25) is 4.79 Å². The molecule has 2 aliphatic rings. The molecule has 1 aromatic rings. The Morgan fingerprint density at radius 1 is 1.32 bits per heavy atom. The van der Waals surface area contributed by atoms with Crippen molar-refractivity contribution in [3.8, 4) is 0 Å². The van der Waals surface area contributed by atoms with E-state index in [0.29, 0.717) is 5.92 Å². The third-order valence-electron chi connectivity index (χ3n) is 4.98. The number of hydrogen-bond donors (Lipinski definition) is 0. The monoisotopic (exact) mass is 304 g/mol. The molecular formula is C18H24O4. The number of fused-ring (bicyclic) bond motifs is 1. The van der Waals surface area contributed by atoms with E-state index in [4.69, 9.17) is 14.2 Å². The summed E-state index contributed by atoms with van der Waals surface area (Å²) in [6.45, 7) is 1.42. The number of carbonyl (C=O) groups is 1. The first kappa shape index (κ1) is 15.5. The van der Waals surface area contributed by atoms with E-state index in [9.17, 15) is 4.79 Å². The van der Waals surface area contributed by atoms with E-state index in [2.05, 4.69) is 12.1 Å². The molecule has 0 radical (unpaired) electrons. The SMILES string of the molecule is COC(OC(C)=O)[C@]12CCCC[C@@H]1CC(c1ccccc1)O2. The summed E-state index contributed by atoms with van der Waals surface area (Å²) in [4.78, 5) is 11.4. The third kappa shape index (κ3) is 2.77. The van der Waals surface area contributed by atoms with Crippen molar-refractivity contribution in [2.24, 2.45) is 5.92 Å². The molecule has 1 aromatic carbocycles. The Hall–Kier alpha value is -1.39. The highest BCUT2D eigenvalue weighted by atomic mass is 16.7. The van der Waals surface area contributed by atoms with Gasteiger partial charge >= 0.3 is 5.97 Å². The summed E-state index contributed by atoms with van der Waals surface area (Å²) in [7, 11) is 1.59. The van der Waals surface area contributed by atoms with Crippen LogP contribution < -0.4 is 0 Å². The topological polar surface area (TPSA) is 44.8 Å². The van der Waals surface area contributed by atoms with E-state index in [1.54, 1.807) is 7.11 Å². The van der Waals surface area contributed by atoms with Crippen LogP contribution in [0.3, 0.4) is 0 Å². The average Bonchev–Trinajstić information content (AvgIpc) is 2.94. The van der Waals surface area contributed by atoms with Crippen LogP contribution >= 0.6 is 0 Å². The maximum absolute atomic E-state index is 11.4. The van der Waals surface area contributed by atoms with Crippen LogP contribution in [0.2, 0.25) is 0 Å². The zero-order valence-electron chi connectivity index (χ0n) is 13.3. The molecule has 1 saturated carbocycles. The largest absolute Gasteiger partial charge is 0.433 e. The lowest BCUT2D eigenvalue weighted by Crippen LogP contribution is -2.51. The maximum atomic E-state index is 11.4. The minimum Gasteiger partial charge on any atom is -0.433 e. The molecule has 4 heteroatoms. The molecule has 0 N–H and O–H groups in total. The fourth-order valence-electron chi connectivity index (χ4n) is 4.02. The number of benzene rings is 1. The van der Waals surface area contributed by atoms with E-state index in [0.717, 1.165) is 25.7 Å². The Labute approximate surface area is 131 Å². The highest BCUT2D eigenvalue weighted by Crippen LogP contribution is 2.53. The van der Waals surface area contributed by atoms with Crippen molar-refractivity contribution in [3.63, 3.8) is 0 Å². The molecule has 0 aromatic heterocycles. The predicted octanol–water partition coefficient (Wildman–Crippen LogP) is 3.61. The molecule has 1 heterocycles. The highest BCUT2D eigenvalue weighted by molar-refractivity contribution is 5.66. The van der Waals surface area contributed by atoms with Crippen LogP contribution in [0, 0.1) is 5.92 Å². The Balaban J connectivity index is 1.87. The zero-order valence-corrected chi connectivity index (χ0v) is 13.3. The zero-order chi connectivity index (χ0) is 15.6. The van der Waals surface area contributed by atoms with E-state index in [1.165, 1.54) is 18.9 Å². The molecule has 2 fully saturated rings. The van der Waals surface area contributed by atoms with Gasteiger partial charge in [0.2, 0.25) is 6.29 Å². The van der Waals surface area contributed by atoms with Gasteiger partial charge in [-0.1, -0.05) is 43.2 Å². The van der Waals surface area contributed by atoms with Crippen molar-refractivity contribution in [1.82, 2.24) is 0 Å². The molecule has 0 spiro atoms. The average molecular weight is 304 g/mol. The number of rotatable bonds is 4. The highest BCUT2D eigenvalue weighted by Gasteiger charge is 2.56. The summed E-state index contributed by atoms with van der Waals surface area (Å²) in [6.07, 6.45) is 4.66. The van der Waals surface area contributed by atoms with Crippen LogP contribution in [0.15, 0.2) is 30.3 Å². The Morgan fingerprint density at radius 3 is 2.77 bits per heavy atom. The van der Waals surface area contributed by atoms with E-state index in [-0.39, 0.29) is 12.1 Å². The van der Waals surface area contributed by atoms with E-state index in [1.807, 2.05) is 18.2 Å². The fraction of sp³-hybridized carbons (Fsp3) is 0.611. The molecule has 4 nitrogen and oxygen atoms in total. The van der Waals surface area contributed by atoms with Crippen LogP contribution in [0.1, 0.15) is 50.7 Å². The van der Waals surface area contributed by atoms with Gasteiger partial charge < -0.3 is 14.2 Å². The molecule has 22 heavy (non-hydrogen) atoms. The summed E-state index contributed by atoms with van der Waals surface area (Å²) in [5, 5.41) is 0. The molecule has 2 unspecified atom stereocenters. The summed E-state index contributed by atoms with van der Waals surface area (Å²) >= 11 is 0. The van der Waals surface area contributed by atoms with Gasteiger partial charge in [-0.15, -0.1) is 0 Å². The first-order valence-electron chi connectivity index (χ1n) is 8.08. The second-order valence-electron chi connectivity index (χ2n) is 6.33. The maximum Gasteiger partial charge on any atom is 0.305 e. The van der Waals surface area contributed by atoms with Gasteiger partial charge in [-0.2, -0.15) is 0 Å². The normalized spacial score (nSPS) is 32.3. The number of methoxy groups -OCH3 is 1. The quantitative estimate of drug-likeness (QED) is 0.629. The second-order valence-corrected chi connectivity index (χ2v) is 6.33. The molecule has 4 atom stereocenters. The van der Waals surface area contributed by atoms with Crippen LogP contribution in [0.4, 0.5) is 0 Å². The second kappa shape index (κ2) is 6.39. The Kier molecular flexibility index (Phi) is 4.50. The molecule has 1 aliphatic heterocycles.